The Balaban J connectivity index is 2.68. The summed E-state index contributed by atoms with van der Waals surface area (Å²) in [6, 6.07) is 5.10. The fourth-order valence-electron chi connectivity index (χ4n) is 1.18. The summed E-state index contributed by atoms with van der Waals surface area (Å²) >= 11 is 0. The third kappa shape index (κ3) is 3.43. The zero-order valence-electron chi connectivity index (χ0n) is 9.45. The SMILES string of the molecule is COCCC(=O)Nc1cc(OC)ccc1N. The Morgan fingerprint density at radius 2 is 2.19 bits per heavy atom. The third-order valence-electron chi connectivity index (χ3n) is 2.07. The summed E-state index contributed by atoms with van der Waals surface area (Å²) in [6.07, 6.45) is 0.299. The van der Waals surface area contributed by atoms with Gasteiger partial charge in [0, 0.05) is 13.2 Å². The largest absolute Gasteiger partial charge is 0.497 e. The lowest BCUT2D eigenvalue weighted by Crippen LogP contribution is -2.14. The Morgan fingerprint density at radius 3 is 2.81 bits per heavy atom. The van der Waals surface area contributed by atoms with Crippen LogP contribution >= 0.6 is 0 Å². The molecule has 16 heavy (non-hydrogen) atoms. The molecule has 0 bridgehead atoms. The highest BCUT2D eigenvalue weighted by Gasteiger charge is 2.06. The van der Waals surface area contributed by atoms with Crippen LogP contribution in [-0.2, 0) is 9.53 Å². The van der Waals surface area contributed by atoms with Crippen LogP contribution in [0.5, 0.6) is 5.75 Å². The molecule has 1 amide bonds. The molecule has 1 rings (SSSR count). The molecule has 88 valence electrons. The van der Waals surface area contributed by atoms with E-state index in [0.29, 0.717) is 30.2 Å². The first kappa shape index (κ1) is 12.3. The second-order valence-electron chi connectivity index (χ2n) is 3.24. The summed E-state index contributed by atoms with van der Waals surface area (Å²) in [5.74, 6) is 0.512. The molecule has 0 aliphatic carbocycles. The molecule has 0 unspecified atom stereocenters. The number of benzene rings is 1. The van der Waals surface area contributed by atoms with E-state index in [1.807, 2.05) is 0 Å². The molecule has 5 nitrogen and oxygen atoms in total. The van der Waals surface area contributed by atoms with E-state index >= 15 is 0 Å². The first-order valence-corrected chi connectivity index (χ1v) is 4.89. The van der Waals surface area contributed by atoms with E-state index in [1.165, 1.54) is 0 Å². The minimum atomic E-state index is -0.137. The first-order chi connectivity index (χ1) is 7.67. The van der Waals surface area contributed by atoms with Gasteiger partial charge in [-0.15, -0.1) is 0 Å². The fourth-order valence-corrected chi connectivity index (χ4v) is 1.18. The lowest BCUT2D eigenvalue weighted by Gasteiger charge is -2.09. The van der Waals surface area contributed by atoms with Gasteiger partial charge in [-0.3, -0.25) is 4.79 Å². The zero-order chi connectivity index (χ0) is 12.0. The lowest BCUT2D eigenvalue weighted by atomic mass is 10.2. The molecule has 1 aromatic rings. The minimum absolute atomic E-state index is 0.137. The maximum Gasteiger partial charge on any atom is 0.226 e. The average Bonchev–Trinajstić information content (AvgIpc) is 2.29. The number of nitrogens with two attached hydrogens (primary N) is 1. The number of amides is 1. The number of anilines is 2. The molecule has 0 atom stereocenters. The molecule has 3 N–H and O–H groups in total. The second kappa shape index (κ2) is 5.97. The van der Waals surface area contributed by atoms with E-state index < -0.39 is 0 Å². The highest BCUT2D eigenvalue weighted by Crippen LogP contribution is 2.24. The summed E-state index contributed by atoms with van der Waals surface area (Å²) < 4.78 is 9.85. The van der Waals surface area contributed by atoms with Crippen LogP contribution in [0.1, 0.15) is 6.42 Å². The molecule has 0 aromatic heterocycles. The number of carbonyl (C=O) groups excluding carboxylic acids is 1. The summed E-state index contributed by atoms with van der Waals surface area (Å²) in [6.45, 7) is 0.385. The van der Waals surface area contributed by atoms with Crippen molar-refractivity contribution in [2.75, 3.05) is 31.9 Å². The summed E-state index contributed by atoms with van der Waals surface area (Å²) in [5.41, 5.74) is 6.78. The molecular weight excluding hydrogens is 208 g/mol. The van der Waals surface area contributed by atoms with Gasteiger partial charge in [-0.25, -0.2) is 0 Å². The van der Waals surface area contributed by atoms with E-state index in [1.54, 1.807) is 32.4 Å². The Morgan fingerprint density at radius 1 is 1.44 bits per heavy atom. The molecule has 5 heteroatoms. The van der Waals surface area contributed by atoms with Crippen molar-refractivity contribution in [2.45, 2.75) is 6.42 Å². The van der Waals surface area contributed by atoms with Crippen LogP contribution in [0.3, 0.4) is 0 Å². The molecular formula is C11H16N2O3. The van der Waals surface area contributed by atoms with Crippen molar-refractivity contribution in [3.63, 3.8) is 0 Å². The van der Waals surface area contributed by atoms with Crippen molar-refractivity contribution < 1.29 is 14.3 Å². The van der Waals surface area contributed by atoms with E-state index in [4.69, 9.17) is 15.2 Å². The van der Waals surface area contributed by atoms with Crippen LogP contribution in [0.25, 0.3) is 0 Å². The molecule has 0 saturated heterocycles. The van der Waals surface area contributed by atoms with Crippen LogP contribution in [0.4, 0.5) is 11.4 Å². The van der Waals surface area contributed by atoms with E-state index in [0.717, 1.165) is 0 Å². The van der Waals surface area contributed by atoms with E-state index in [9.17, 15) is 4.79 Å². The maximum absolute atomic E-state index is 11.4. The van der Waals surface area contributed by atoms with Gasteiger partial charge in [0.05, 0.1) is 31.5 Å². The second-order valence-corrected chi connectivity index (χ2v) is 3.24. The van der Waals surface area contributed by atoms with Crippen LogP contribution < -0.4 is 15.8 Å². The number of ether oxygens (including phenoxy) is 2. The van der Waals surface area contributed by atoms with Crippen molar-refractivity contribution in [3.05, 3.63) is 18.2 Å². The number of hydrogen-bond donors (Lipinski definition) is 2. The van der Waals surface area contributed by atoms with E-state index in [2.05, 4.69) is 5.32 Å². The van der Waals surface area contributed by atoms with Gasteiger partial charge in [0.1, 0.15) is 5.75 Å². The van der Waals surface area contributed by atoms with Crippen LogP contribution in [0.15, 0.2) is 18.2 Å². The van der Waals surface area contributed by atoms with Crippen molar-refractivity contribution >= 4 is 17.3 Å². The van der Waals surface area contributed by atoms with Gasteiger partial charge in [0.2, 0.25) is 5.91 Å². The molecule has 0 fully saturated rings. The van der Waals surface area contributed by atoms with Gasteiger partial charge in [0.25, 0.3) is 0 Å². The molecule has 0 aliphatic rings. The van der Waals surface area contributed by atoms with Crippen molar-refractivity contribution in [1.82, 2.24) is 0 Å². The van der Waals surface area contributed by atoms with Gasteiger partial charge >= 0.3 is 0 Å². The lowest BCUT2D eigenvalue weighted by molar-refractivity contribution is -0.117. The molecule has 1 aromatic carbocycles. The van der Waals surface area contributed by atoms with Crippen LogP contribution in [-0.4, -0.2) is 26.7 Å². The van der Waals surface area contributed by atoms with Crippen molar-refractivity contribution in [1.29, 1.82) is 0 Å². The number of nitrogen functional groups attached to an aromatic ring is 1. The first-order valence-electron chi connectivity index (χ1n) is 4.89. The van der Waals surface area contributed by atoms with Crippen molar-refractivity contribution in [3.8, 4) is 5.75 Å². The quantitative estimate of drug-likeness (QED) is 0.738. The summed E-state index contributed by atoms with van der Waals surface area (Å²) in [5, 5.41) is 2.70. The molecule has 0 radical (unpaired) electrons. The zero-order valence-corrected chi connectivity index (χ0v) is 9.45. The number of hydrogen-bond acceptors (Lipinski definition) is 4. The highest BCUT2D eigenvalue weighted by molar-refractivity contribution is 5.94. The molecule has 0 heterocycles. The standard InChI is InChI=1S/C11H16N2O3/c1-15-6-5-11(14)13-10-7-8(16-2)3-4-9(10)12/h3-4,7H,5-6,12H2,1-2H3,(H,13,14). The smallest absolute Gasteiger partial charge is 0.226 e. The van der Waals surface area contributed by atoms with E-state index in [-0.39, 0.29) is 5.91 Å². The van der Waals surface area contributed by atoms with Gasteiger partial charge in [-0.1, -0.05) is 0 Å². The number of methoxy groups -OCH3 is 2. The van der Waals surface area contributed by atoms with Crippen LogP contribution in [0, 0.1) is 0 Å². The Bertz CT molecular complexity index is 366. The van der Waals surface area contributed by atoms with Gasteiger partial charge in [0.15, 0.2) is 0 Å². The van der Waals surface area contributed by atoms with Crippen LogP contribution in [0.2, 0.25) is 0 Å². The monoisotopic (exact) mass is 224 g/mol. The normalized spacial score (nSPS) is 9.88. The van der Waals surface area contributed by atoms with Gasteiger partial charge in [-0.2, -0.15) is 0 Å². The Labute approximate surface area is 94.5 Å². The number of rotatable bonds is 5. The molecule has 0 saturated carbocycles. The Kier molecular flexibility index (Phi) is 4.60. The molecule has 0 spiro atoms. The fraction of sp³-hybridized carbons (Fsp3) is 0.364. The van der Waals surface area contributed by atoms with Crippen molar-refractivity contribution in [2.24, 2.45) is 0 Å². The van der Waals surface area contributed by atoms with Gasteiger partial charge in [-0.05, 0) is 12.1 Å². The molecule has 0 aliphatic heterocycles. The third-order valence-corrected chi connectivity index (χ3v) is 2.07. The predicted octanol–water partition coefficient (Wildman–Crippen LogP) is 1.25. The summed E-state index contributed by atoms with van der Waals surface area (Å²) in [7, 11) is 3.11. The van der Waals surface area contributed by atoms with Gasteiger partial charge < -0.3 is 20.5 Å². The minimum Gasteiger partial charge on any atom is -0.497 e. The summed E-state index contributed by atoms with van der Waals surface area (Å²) in [4.78, 5) is 11.4. The predicted molar refractivity (Wildman–Crippen MR) is 62.5 cm³/mol. The number of carbonyl (C=O) groups is 1. The highest BCUT2D eigenvalue weighted by atomic mass is 16.5. The maximum atomic E-state index is 11.4. The Hall–Kier alpha value is -1.75. The number of nitrogens with one attached hydrogen (secondary N) is 1. The topological polar surface area (TPSA) is 73.6 Å². The average molecular weight is 224 g/mol.